The minimum Gasteiger partial charge on any atom is -0.210 e. The average molecular weight is 465 g/mol. The summed E-state index contributed by atoms with van der Waals surface area (Å²) in [4.78, 5) is 4.71. The van der Waals surface area contributed by atoms with Crippen molar-refractivity contribution in [3.63, 3.8) is 0 Å². The van der Waals surface area contributed by atoms with Gasteiger partial charge in [0.2, 0.25) is 10.0 Å². The van der Waals surface area contributed by atoms with Crippen molar-refractivity contribution in [1.82, 2.24) is 19.5 Å². The van der Waals surface area contributed by atoms with Crippen LogP contribution in [0, 0.1) is 13.8 Å². The molecule has 0 amide bonds. The molecule has 8 heteroatoms. The van der Waals surface area contributed by atoms with Gasteiger partial charge >= 0.3 is 0 Å². The molecule has 0 radical (unpaired) electrons. The highest BCUT2D eigenvalue weighted by atomic mass is 32.2. The number of hydrogen-bond acceptors (Lipinski definition) is 5. The van der Waals surface area contributed by atoms with Gasteiger partial charge in [-0.2, -0.15) is 5.10 Å². The standard InChI is InChI=1S/C24H24N4O2S2/c1-18-13-14-19(2)22(15-18)28-24(25-17-26-28)31-23(20-9-5-3-6-10-20)16-27-32(29,30)21-11-7-4-8-12-21/h3-15,17,23,27H,16H2,1-2H3. The minimum absolute atomic E-state index is 0.192. The number of nitrogens with one attached hydrogen (secondary N) is 1. The largest absolute Gasteiger partial charge is 0.240 e. The third-order valence-corrected chi connectivity index (χ3v) is 7.69. The van der Waals surface area contributed by atoms with Gasteiger partial charge in [0.25, 0.3) is 0 Å². The van der Waals surface area contributed by atoms with Crippen LogP contribution in [-0.2, 0) is 10.0 Å². The van der Waals surface area contributed by atoms with E-state index in [-0.39, 0.29) is 16.7 Å². The van der Waals surface area contributed by atoms with Crippen molar-refractivity contribution in [2.24, 2.45) is 0 Å². The number of rotatable bonds is 8. The summed E-state index contributed by atoms with van der Waals surface area (Å²) in [5, 5.41) is 4.95. The van der Waals surface area contributed by atoms with Gasteiger partial charge in [-0.3, -0.25) is 0 Å². The quantitative estimate of drug-likeness (QED) is 0.383. The first-order chi connectivity index (χ1) is 15.4. The lowest BCUT2D eigenvalue weighted by atomic mass is 10.1. The molecule has 0 aliphatic carbocycles. The molecule has 4 aromatic rings. The van der Waals surface area contributed by atoms with Gasteiger partial charge < -0.3 is 0 Å². The van der Waals surface area contributed by atoms with E-state index in [1.807, 2.05) is 48.9 Å². The molecule has 0 aliphatic rings. The zero-order valence-electron chi connectivity index (χ0n) is 17.8. The number of aromatic nitrogens is 3. The number of thioether (sulfide) groups is 1. The highest BCUT2D eigenvalue weighted by Gasteiger charge is 2.22. The molecule has 32 heavy (non-hydrogen) atoms. The van der Waals surface area contributed by atoms with Crippen LogP contribution < -0.4 is 4.72 Å². The van der Waals surface area contributed by atoms with Crippen LogP contribution in [0.3, 0.4) is 0 Å². The summed E-state index contributed by atoms with van der Waals surface area (Å²) >= 11 is 1.48. The topological polar surface area (TPSA) is 76.9 Å². The SMILES string of the molecule is Cc1ccc(C)c(-n2ncnc2SC(CNS(=O)(=O)c2ccccc2)c2ccccc2)c1. The summed E-state index contributed by atoms with van der Waals surface area (Å²) in [5.74, 6) is 0. The first-order valence-corrected chi connectivity index (χ1v) is 12.5. The molecule has 164 valence electrons. The fourth-order valence-electron chi connectivity index (χ4n) is 3.31. The summed E-state index contributed by atoms with van der Waals surface area (Å²) in [6.45, 7) is 4.29. The Morgan fingerprint density at radius 1 is 0.969 bits per heavy atom. The molecule has 0 aliphatic heterocycles. The van der Waals surface area contributed by atoms with Crippen LogP contribution in [0.15, 0.2) is 95.2 Å². The van der Waals surface area contributed by atoms with Crippen molar-refractivity contribution in [1.29, 1.82) is 0 Å². The van der Waals surface area contributed by atoms with Crippen LogP contribution in [0.4, 0.5) is 0 Å². The van der Waals surface area contributed by atoms with Crippen LogP contribution in [0.5, 0.6) is 0 Å². The Hall–Kier alpha value is -2.94. The Morgan fingerprint density at radius 3 is 2.38 bits per heavy atom. The van der Waals surface area contributed by atoms with E-state index in [0.717, 1.165) is 22.4 Å². The van der Waals surface area contributed by atoms with Crippen molar-refractivity contribution in [3.8, 4) is 5.69 Å². The molecule has 1 unspecified atom stereocenters. The fourth-order valence-corrected chi connectivity index (χ4v) is 5.56. The lowest BCUT2D eigenvalue weighted by molar-refractivity contribution is 0.581. The number of sulfonamides is 1. The second kappa shape index (κ2) is 9.68. The molecule has 4 rings (SSSR count). The van der Waals surface area contributed by atoms with Gasteiger partial charge in [-0.05, 0) is 48.7 Å². The van der Waals surface area contributed by atoms with Gasteiger partial charge in [0.05, 0.1) is 15.8 Å². The minimum atomic E-state index is -3.62. The van der Waals surface area contributed by atoms with E-state index in [4.69, 9.17) is 0 Å². The van der Waals surface area contributed by atoms with E-state index >= 15 is 0 Å². The van der Waals surface area contributed by atoms with Crippen molar-refractivity contribution in [3.05, 3.63) is 102 Å². The molecule has 3 aromatic carbocycles. The molecule has 0 spiro atoms. The number of benzene rings is 3. The monoisotopic (exact) mass is 464 g/mol. The van der Waals surface area contributed by atoms with Crippen molar-refractivity contribution in [2.75, 3.05) is 6.54 Å². The van der Waals surface area contributed by atoms with E-state index in [1.165, 1.54) is 18.1 Å². The predicted octanol–water partition coefficient (Wildman–Crippen LogP) is 4.70. The van der Waals surface area contributed by atoms with Crippen LogP contribution in [-0.4, -0.2) is 29.7 Å². The predicted molar refractivity (Wildman–Crippen MR) is 128 cm³/mol. The molecular weight excluding hydrogens is 440 g/mol. The maximum Gasteiger partial charge on any atom is 0.240 e. The van der Waals surface area contributed by atoms with Gasteiger partial charge in [-0.15, -0.1) is 0 Å². The van der Waals surface area contributed by atoms with Crippen molar-refractivity contribution < 1.29 is 8.42 Å². The van der Waals surface area contributed by atoms with E-state index in [9.17, 15) is 8.42 Å². The Labute approximate surface area is 192 Å². The van der Waals surface area contributed by atoms with Crippen LogP contribution in [0.2, 0.25) is 0 Å². The first kappa shape index (κ1) is 22.3. The number of hydrogen-bond donors (Lipinski definition) is 1. The molecule has 0 fully saturated rings. The third kappa shape index (κ3) is 5.09. The van der Waals surface area contributed by atoms with E-state index in [1.54, 1.807) is 30.3 Å². The van der Waals surface area contributed by atoms with Gasteiger partial charge in [0.15, 0.2) is 5.16 Å². The van der Waals surface area contributed by atoms with Crippen LogP contribution in [0.1, 0.15) is 21.9 Å². The zero-order valence-corrected chi connectivity index (χ0v) is 19.5. The smallest absolute Gasteiger partial charge is 0.210 e. The summed E-state index contributed by atoms with van der Waals surface area (Å²) in [6, 6.07) is 24.4. The average Bonchev–Trinajstić information content (AvgIpc) is 3.27. The molecular formula is C24H24N4O2S2. The highest BCUT2D eigenvalue weighted by molar-refractivity contribution is 7.99. The number of aryl methyl sites for hydroxylation is 2. The zero-order chi connectivity index (χ0) is 22.6. The molecule has 6 nitrogen and oxygen atoms in total. The Morgan fingerprint density at radius 2 is 1.66 bits per heavy atom. The molecule has 1 heterocycles. The van der Waals surface area contributed by atoms with E-state index in [0.29, 0.717) is 5.16 Å². The molecule has 0 saturated carbocycles. The molecule has 0 saturated heterocycles. The maximum atomic E-state index is 12.8. The lowest BCUT2D eigenvalue weighted by Gasteiger charge is -2.18. The summed E-state index contributed by atoms with van der Waals surface area (Å²) in [5.41, 5.74) is 4.18. The Bertz CT molecular complexity index is 1290. The second-order valence-electron chi connectivity index (χ2n) is 7.43. The van der Waals surface area contributed by atoms with Gasteiger partial charge in [0.1, 0.15) is 6.33 Å². The summed E-state index contributed by atoms with van der Waals surface area (Å²) in [7, 11) is -3.62. The fraction of sp³-hybridized carbons (Fsp3) is 0.167. The van der Waals surface area contributed by atoms with E-state index < -0.39 is 10.0 Å². The lowest BCUT2D eigenvalue weighted by Crippen LogP contribution is -2.27. The number of nitrogens with zero attached hydrogens (tertiary/aromatic N) is 3. The molecule has 1 aromatic heterocycles. The molecule has 1 N–H and O–H groups in total. The van der Waals surface area contributed by atoms with Gasteiger partial charge in [-0.25, -0.2) is 22.8 Å². The molecule has 0 bridgehead atoms. The van der Waals surface area contributed by atoms with Gasteiger partial charge in [0, 0.05) is 6.54 Å². The van der Waals surface area contributed by atoms with Crippen LogP contribution >= 0.6 is 11.8 Å². The second-order valence-corrected chi connectivity index (χ2v) is 10.4. The normalized spacial score (nSPS) is 12.6. The first-order valence-electron chi connectivity index (χ1n) is 10.2. The third-order valence-electron chi connectivity index (χ3n) is 5.04. The summed E-state index contributed by atoms with van der Waals surface area (Å²) < 4.78 is 30.1. The Balaban J connectivity index is 1.62. The van der Waals surface area contributed by atoms with Crippen molar-refractivity contribution in [2.45, 2.75) is 29.1 Å². The summed E-state index contributed by atoms with van der Waals surface area (Å²) in [6.07, 6.45) is 1.53. The van der Waals surface area contributed by atoms with E-state index in [2.05, 4.69) is 33.0 Å². The Kier molecular flexibility index (Phi) is 6.74. The molecule has 1 atom stereocenters. The van der Waals surface area contributed by atoms with Crippen LogP contribution in [0.25, 0.3) is 5.69 Å². The highest BCUT2D eigenvalue weighted by Crippen LogP contribution is 2.35. The van der Waals surface area contributed by atoms with Gasteiger partial charge in [-0.1, -0.05) is 72.4 Å². The van der Waals surface area contributed by atoms with Crippen molar-refractivity contribution >= 4 is 21.8 Å². The maximum absolute atomic E-state index is 12.8.